The predicted molar refractivity (Wildman–Crippen MR) is 103 cm³/mol. The van der Waals surface area contributed by atoms with Crippen LogP contribution in [-0.2, 0) is 9.53 Å². The summed E-state index contributed by atoms with van der Waals surface area (Å²) in [5, 5.41) is 6.10. The standard InChI is InChI=1S/C16H30N4O2.HI/c1-3-18-16(19-12-14-5-4-10-22-14)20-8-6-13(7-9-20)11-15(21)17-2;/h13-14H,3-12H2,1-2H3,(H,17,21)(H,18,19);1H. The number of hydrogen-bond donors (Lipinski definition) is 2. The van der Waals surface area contributed by atoms with E-state index in [1.165, 1.54) is 0 Å². The Bertz CT molecular complexity index is 378. The highest BCUT2D eigenvalue weighted by Crippen LogP contribution is 2.20. The normalized spacial score (nSPS) is 22.6. The van der Waals surface area contributed by atoms with E-state index in [0.29, 0.717) is 18.4 Å². The van der Waals surface area contributed by atoms with Crippen molar-refractivity contribution in [3.63, 3.8) is 0 Å². The topological polar surface area (TPSA) is 66.0 Å². The molecule has 2 heterocycles. The van der Waals surface area contributed by atoms with Crippen molar-refractivity contribution in [2.24, 2.45) is 10.9 Å². The summed E-state index contributed by atoms with van der Waals surface area (Å²) in [6.45, 7) is 6.54. The Labute approximate surface area is 156 Å². The number of halogens is 1. The van der Waals surface area contributed by atoms with E-state index in [9.17, 15) is 4.79 Å². The Hall–Kier alpha value is -0.570. The molecule has 2 saturated heterocycles. The summed E-state index contributed by atoms with van der Waals surface area (Å²) in [6.07, 6.45) is 5.32. The zero-order chi connectivity index (χ0) is 15.8. The van der Waals surface area contributed by atoms with Crippen molar-refractivity contribution < 1.29 is 9.53 Å². The number of guanidine groups is 1. The van der Waals surface area contributed by atoms with Crippen molar-refractivity contribution in [2.75, 3.05) is 39.8 Å². The molecule has 2 rings (SSSR count). The van der Waals surface area contributed by atoms with Crippen LogP contribution in [0.2, 0.25) is 0 Å². The zero-order valence-electron chi connectivity index (χ0n) is 14.3. The Kier molecular flexibility index (Phi) is 9.85. The molecule has 23 heavy (non-hydrogen) atoms. The number of hydrogen-bond acceptors (Lipinski definition) is 3. The van der Waals surface area contributed by atoms with E-state index in [2.05, 4.69) is 22.5 Å². The Balaban J connectivity index is 0.00000264. The van der Waals surface area contributed by atoms with Crippen LogP contribution in [0.4, 0.5) is 0 Å². The van der Waals surface area contributed by atoms with Gasteiger partial charge in [-0.15, -0.1) is 24.0 Å². The fraction of sp³-hybridized carbons (Fsp3) is 0.875. The molecular weight excluding hydrogens is 407 g/mol. The molecule has 0 bridgehead atoms. The second kappa shape index (κ2) is 11.1. The number of aliphatic imine (C=N–C) groups is 1. The molecule has 2 aliphatic rings. The van der Waals surface area contributed by atoms with E-state index in [1.54, 1.807) is 7.05 Å². The number of likely N-dealkylation sites (tertiary alicyclic amines) is 1. The summed E-state index contributed by atoms with van der Waals surface area (Å²) in [5.41, 5.74) is 0. The van der Waals surface area contributed by atoms with Gasteiger partial charge in [0, 0.05) is 39.7 Å². The van der Waals surface area contributed by atoms with Crippen molar-refractivity contribution in [1.29, 1.82) is 0 Å². The maximum atomic E-state index is 11.5. The zero-order valence-corrected chi connectivity index (χ0v) is 16.7. The van der Waals surface area contributed by atoms with Crippen LogP contribution in [0.5, 0.6) is 0 Å². The Morgan fingerprint density at radius 2 is 2.04 bits per heavy atom. The number of nitrogens with one attached hydrogen (secondary N) is 2. The first kappa shape index (κ1) is 20.5. The van der Waals surface area contributed by atoms with Gasteiger partial charge in [0.1, 0.15) is 0 Å². The Morgan fingerprint density at radius 3 is 2.61 bits per heavy atom. The fourth-order valence-corrected chi connectivity index (χ4v) is 3.12. The molecule has 7 heteroatoms. The van der Waals surface area contributed by atoms with Crippen LogP contribution in [0.25, 0.3) is 0 Å². The highest BCUT2D eigenvalue weighted by molar-refractivity contribution is 14.0. The van der Waals surface area contributed by atoms with Gasteiger partial charge in [-0.2, -0.15) is 0 Å². The minimum Gasteiger partial charge on any atom is -0.376 e. The lowest BCUT2D eigenvalue weighted by atomic mass is 9.93. The van der Waals surface area contributed by atoms with Crippen LogP contribution < -0.4 is 10.6 Å². The largest absolute Gasteiger partial charge is 0.376 e. The van der Waals surface area contributed by atoms with Gasteiger partial charge in [-0.05, 0) is 38.5 Å². The van der Waals surface area contributed by atoms with E-state index < -0.39 is 0 Å². The van der Waals surface area contributed by atoms with Gasteiger partial charge in [0.05, 0.1) is 12.6 Å². The molecule has 0 saturated carbocycles. The summed E-state index contributed by atoms with van der Waals surface area (Å²) >= 11 is 0. The molecule has 1 atom stereocenters. The Morgan fingerprint density at radius 1 is 1.30 bits per heavy atom. The van der Waals surface area contributed by atoms with Gasteiger partial charge in [-0.3, -0.25) is 9.79 Å². The molecule has 0 aromatic heterocycles. The van der Waals surface area contributed by atoms with Gasteiger partial charge in [-0.1, -0.05) is 0 Å². The number of piperidine rings is 1. The van der Waals surface area contributed by atoms with Crippen molar-refractivity contribution in [1.82, 2.24) is 15.5 Å². The highest BCUT2D eigenvalue weighted by atomic mass is 127. The summed E-state index contributed by atoms with van der Waals surface area (Å²) < 4.78 is 5.64. The quantitative estimate of drug-likeness (QED) is 0.389. The average molecular weight is 438 g/mol. The number of rotatable bonds is 5. The monoisotopic (exact) mass is 438 g/mol. The van der Waals surface area contributed by atoms with Crippen LogP contribution in [0, 0.1) is 5.92 Å². The third-order valence-corrected chi connectivity index (χ3v) is 4.47. The van der Waals surface area contributed by atoms with Gasteiger partial charge in [0.15, 0.2) is 5.96 Å². The van der Waals surface area contributed by atoms with Crippen LogP contribution in [0.3, 0.4) is 0 Å². The first-order valence-electron chi connectivity index (χ1n) is 8.58. The number of ether oxygens (including phenoxy) is 1. The molecule has 0 radical (unpaired) electrons. The van der Waals surface area contributed by atoms with E-state index >= 15 is 0 Å². The first-order valence-corrected chi connectivity index (χ1v) is 8.58. The molecule has 0 aliphatic carbocycles. The van der Waals surface area contributed by atoms with E-state index in [4.69, 9.17) is 9.73 Å². The minimum absolute atomic E-state index is 0. The van der Waals surface area contributed by atoms with Crippen molar-refractivity contribution in [3.05, 3.63) is 0 Å². The molecular formula is C16H31IN4O2. The second-order valence-electron chi connectivity index (χ2n) is 6.14. The van der Waals surface area contributed by atoms with E-state index in [1.807, 2.05) is 0 Å². The molecule has 1 amide bonds. The maximum Gasteiger partial charge on any atom is 0.220 e. The molecule has 2 fully saturated rings. The number of carbonyl (C=O) groups excluding carboxylic acids is 1. The summed E-state index contributed by atoms with van der Waals surface area (Å²) in [7, 11) is 1.71. The lowest BCUT2D eigenvalue weighted by Crippen LogP contribution is -2.46. The SMILES string of the molecule is CCNC(=NCC1CCCO1)N1CCC(CC(=O)NC)CC1.I. The van der Waals surface area contributed by atoms with Gasteiger partial charge < -0.3 is 20.3 Å². The number of amides is 1. The fourth-order valence-electron chi connectivity index (χ4n) is 3.12. The van der Waals surface area contributed by atoms with Crippen molar-refractivity contribution >= 4 is 35.8 Å². The van der Waals surface area contributed by atoms with Crippen molar-refractivity contribution in [2.45, 2.75) is 45.1 Å². The third kappa shape index (κ3) is 6.82. The molecule has 1 unspecified atom stereocenters. The molecule has 6 nitrogen and oxygen atoms in total. The van der Waals surface area contributed by atoms with Crippen LogP contribution in [0.15, 0.2) is 4.99 Å². The lowest BCUT2D eigenvalue weighted by Gasteiger charge is -2.34. The predicted octanol–water partition coefficient (Wildman–Crippen LogP) is 1.60. The third-order valence-electron chi connectivity index (χ3n) is 4.47. The van der Waals surface area contributed by atoms with Gasteiger partial charge in [-0.25, -0.2) is 0 Å². The molecule has 0 aromatic carbocycles. The molecule has 2 aliphatic heterocycles. The molecule has 0 spiro atoms. The second-order valence-corrected chi connectivity index (χ2v) is 6.14. The van der Waals surface area contributed by atoms with Crippen LogP contribution >= 0.6 is 24.0 Å². The highest BCUT2D eigenvalue weighted by Gasteiger charge is 2.23. The van der Waals surface area contributed by atoms with Gasteiger partial charge in [0.25, 0.3) is 0 Å². The van der Waals surface area contributed by atoms with Crippen LogP contribution in [0.1, 0.15) is 39.0 Å². The maximum absolute atomic E-state index is 11.5. The molecule has 0 aromatic rings. The summed E-state index contributed by atoms with van der Waals surface area (Å²) in [4.78, 5) is 18.5. The smallest absolute Gasteiger partial charge is 0.220 e. The van der Waals surface area contributed by atoms with Gasteiger partial charge >= 0.3 is 0 Å². The number of nitrogens with zero attached hydrogens (tertiary/aromatic N) is 2. The van der Waals surface area contributed by atoms with Crippen molar-refractivity contribution in [3.8, 4) is 0 Å². The van der Waals surface area contributed by atoms with E-state index in [-0.39, 0.29) is 29.9 Å². The molecule has 134 valence electrons. The summed E-state index contributed by atoms with van der Waals surface area (Å²) in [5.74, 6) is 1.64. The average Bonchev–Trinajstić information content (AvgIpc) is 3.05. The van der Waals surface area contributed by atoms with E-state index in [0.717, 1.165) is 64.4 Å². The number of carbonyl (C=O) groups is 1. The lowest BCUT2D eigenvalue weighted by molar-refractivity contribution is -0.121. The minimum atomic E-state index is 0. The summed E-state index contributed by atoms with van der Waals surface area (Å²) in [6, 6.07) is 0. The first-order chi connectivity index (χ1) is 10.7. The molecule has 2 N–H and O–H groups in total. The van der Waals surface area contributed by atoms with Crippen LogP contribution in [-0.4, -0.2) is 62.7 Å². The van der Waals surface area contributed by atoms with Gasteiger partial charge in [0.2, 0.25) is 5.91 Å².